The van der Waals surface area contributed by atoms with Gasteiger partial charge in [0.05, 0.1) is 51.1 Å². The summed E-state index contributed by atoms with van der Waals surface area (Å²) in [6.07, 6.45) is 2.42. The first-order valence-corrected chi connectivity index (χ1v) is 15.4. The van der Waals surface area contributed by atoms with E-state index in [0.717, 1.165) is 0 Å². The van der Waals surface area contributed by atoms with Crippen molar-refractivity contribution >= 4 is 39.4 Å². The van der Waals surface area contributed by atoms with Gasteiger partial charge in [-0.25, -0.2) is 23.1 Å². The molecule has 2 atom stereocenters. The average molecular weight is 644 g/mol. The number of sulfonamides is 1. The predicted octanol–water partition coefficient (Wildman–Crippen LogP) is 3.63. The zero-order chi connectivity index (χ0) is 33.1. The Hall–Kier alpha value is -4.92. The molecule has 45 heavy (non-hydrogen) atoms. The van der Waals surface area contributed by atoms with E-state index in [9.17, 15) is 27.9 Å². The number of rotatable bonds is 16. The number of amides is 2. The minimum Gasteiger partial charge on any atom is -0.494 e. The fourth-order valence-electron chi connectivity index (χ4n) is 4.44. The number of carbonyl (C=O) groups is 3. The second-order valence-corrected chi connectivity index (χ2v) is 12.1. The third kappa shape index (κ3) is 10.1. The zero-order valence-corrected chi connectivity index (χ0v) is 26.4. The predicted molar refractivity (Wildman–Crippen MR) is 165 cm³/mol. The number of carboxylic acids is 1. The van der Waals surface area contributed by atoms with Crippen LogP contribution in [0.1, 0.15) is 44.7 Å². The smallest absolute Gasteiger partial charge is 0.305 e. The lowest BCUT2D eigenvalue weighted by molar-refractivity contribution is -0.138. The van der Waals surface area contributed by atoms with Crippen LogP contribution in [0.5, 0.6) is 17.2 Å². The first-order chi connectivity index (χ1) is 21.3. The highest BCUT2D eigenvalue weighted by Gasteiger charge is 2.27. The van der Waals surface area contributed by atoms with E-state index in [4.69, 9.17) is 14.2 Å². The molecule has 3 rings (SSSR count). The molecular weight excluding hydrogens is 606 g/mol. The van der Waals surface area contributed by atoms with Crippen LogP contribution in [0, 0.1) is 11.8 Å². The molecule has 0 aliphatic carbocycles. The van der Waals surface area contributed by atoms with E-state index in [1.807, 2.05) is 13.8 Å². The molecule has 2 amide bonds. The summed E-state index contributed by atoms with van der Waals surface area (Å²) in [5.74, 6) is -1.74. The Morgan fingerprint density at radius 2 is 1.53 bits per heavy atom. The lowest BCUT2D eigenvalue weighted by Crippen LogP contribution is -2.37. The second-order valence-electron chi connectivity index (χ2n) is 10.4. The quantitative estimate of drug-likeness (QED) is 0.178. The van der Waals surface area contributed by atoms with E-state index >= 15 is 0 Å². The molecular formula is C30H37N5O9S. The van der Waals surface area contributed by atoms with Crippen LogP contribution in [-0.2, 0) is 24.4 Å². The number of ether oxygens (including phenoxy) is 3. The fraction of sp³-hybridized carbons (Fsp3) is 0.367. The largest absolute Gasteiger partial charge is 0.494 e. The Kier molecular flexibility index (Phi) is 12.1. The number of benzene rings is 2. The Morgan fingerprint density at radius 1 is 0.889 bits per heavy atom. The Bertz CT molecular complexity index is 1580. The monoisotopic (exact) mass is 643 g/mol. The van der Waals surface area contributed by atoms with Gasteiger partial charge in [0, 0.05) is 18.0 Å². The standard InChI is InChI=1S/C30H37N5O9S/c1-18(2)12-20(29(39)34-24(15-28(37)38)19-6-11-25(43-4)26(13-19)44-5)14-27(36)33-21-7-9-23(10-8-21)45(40,41)35-30-31-16-22(42-3)17-32-30/h6-11,13,16-18,20,24H,12,14-15H2,1-5H3,(H,33,36)(H,34,39)(H,37,38)(H,31,32,35)/t20-,24+/m1/s1. The molecule has 1 aromatic heterocycles. The first-order valence-electron chi connectivity index (χ1n) is 13.9. The molecule has 0 bridgehead atoms. The minimum absolute atomic E-state index is 0.0548. The molecule has 3 aromatic rings. The molecule has 0 radical (unpaired) electrons. The molecule has 2 aromatic carbocycles. The van der Waals surface area contributed by atoms with Crippen LogP contribution in [0.2, 0.25) is 0 Å². The van der Waals surface area contributed by atoms with Gasteiger partial charge in [-0.3, -0.25) is 14.4 Å². The van der Waals surface area contributed by atoms with Gasteiger partial charge in [0.25, 0.3) is 10.0 Å². The molecule has 242 valence electrons. The van der Waals surface area contributed by atoms with Crippen molar-refractivity contribution in [3.63, 3.8) is 0 Å². The van der Waals surface area contributed by atoms with E-state index in [2.05, 4.69) is 25.3 Å². The summed E-state index contributed by atoms with van der Waals surface area (Å²) in [5, 5.41) is 15.0. The summed E-state index contributed by atoms with van der Waals surface area (Å²) in [7, 11) is 0.344. The van der Waals surface area contributed by atoms with E-state index in [-0.39, 0.29) is 23.2 Å². The van der Waals surface area contributed by atoms with Crippen molar-refractivity contribution in [3.8, 4) is 17.2 Å². The molecule has 0 aliphatic heterocycles. The number of methoxy groups -OCH3 is 3. The summed E-state index contributed by atoms with van der Waals surface area (Å²) >= 11 is 0. The Balaban J connectivity index is 1.70. The number of nitrogens with one attached hydrogen (secondary N) is 3. The summed E-state index contributed by atoms with van der Waals surface area (Å²) in [6.45, 7) is 3.82. The number of nitrogens with zero attached hydrogens (tertiary/aromatic N) is 2. The van der Waals surface area contributed by atoms with Gasteiger partial charge >= 0.3 is 5.97 Å². The van der Waals surface area contributed by atoms with Crippen LogP contribution in [0.25, 0.3) is 0 Å². The van der Waals surface area contributed by atoms with Crippen molar-refractivity contribution in [2.45, 2.75) is 44.0 Å². The molecule has 0 fully saturated rings. The Labute approximate surface area is 261 Å². The number of carboxylic acid groups (broad SMARTS) is 1. The lowest BCUT2D eigenvalue weighted by atomic mass is 9.92. The van der Waals surface area contributed by atoms with Gasteiger partial charge in [0.15, 0.2) is 17.2 Å². The van der Waals surface area contributed by atoms with Gasteiger partial charge in [-0.1, -0.05) is 19.9 Å². The zero-order valence-electron chi connectivity index (χ0n) is 25.6. The van der Waals surface area contributed by atoms with E-state index < -0.39 is 46.2 Å². The maximum Gasteiger partial charge on any atom is 0.305 e. The number of hydrogen-bond acceptors (Lipinski definition) is 10. The highest BCUT2D eigenvalue weighted by molar-refractivity contribution is 7.92. The van der Waals surface area contributed by atoms with Crippen LogP contribution in [0.4, 0.5) is 11.6 Å². The van der Waals surface area contributed by atoms with Gasteiger partial charge in [0.1, 0.15) is 0 Å². The van der Waals surface area contributed by atoms with Gasteiger partial charge in [0.2, 0.25) is 17.8 Å². The Morgan fingerprint density at radius 3 is 2.09 bits per heavy atom. The van der Waals surface area contributed by atoms with Crippen LogP contribution in [0.3, 0.4) is 0 Å². The van der Waals surface area contributed by atoms with E-state index in [1.54, 1.807) is 18.2 Å². The van der Waals surface area contributed by atoms with Crippen molar-refractivity contribution < 1.29 is 42.1 Å². The number of aromatic nitrogens is 2. The third-order valence-electron chi connectivity index (χ3n) is 6.60. The molecule has 15 heteroatoms. The topological polar surface area (TPSA) is 195 Å². The SMILES string of the molecule is COc1cnc(NS(=O)(=O)c2ccc(NC(=O)C[C@@H](CC(C)C)C(=O)N[C@@H](CC(=O)O)c3ccc(OC)c(OC)c3)cc2)nc1. The number of hydrogen-bond donors (Lipinski definition) is 4. The maximum atomic E-state index is 13.4. The normalized spacial score (nSPS) is 12.5. The van der Waals surface area contributed by atoms with Gasteiger partial charge in [-0.15, -0.1) is 0 Å². The second kappa shape index (κ2) is 15.7. The van der Waals surface area contributed by atoms with Crippen molar-refractivity contribution in [1.29, 1.82) is 0 Å². The maximum absolute atomic E-state index is 13.4. The molecule has 0 saturated heterocycles. The molecule has 1 heterocycles. The third-order valence-corrected chi connectivity index (χ3v) is 7.95. The molecule has 14 nitrogen and oxygen atoms in total. The lowest BCUT2D eigenvalue weighted by Gasteiger charge is -2.24. The fourth-order valence-corrected chi connectivity index (χ4v) is 5.40. The number of anilines is 2. The van der Waals surface area contributed by atoms with Gasteiger partial charge in [-0.2, -0.15) is 0 Å². The molecule has 0 saturated carbocycles. The summed E-state index contributed by atoms with van der Waals surface area (Å²) < 4.78 is 43.3. The summed E-state index contributed by atoms with van der Waals surface area (Å²) in [4.78, 5) is 45.8. The summed E-state index contributed by atoms with van der Waals surface area (Å²) in [5.41, 5.74) is 0.816. The first kappa shape index (κ1) is 34.6. The van der Waals surface area contributed by atoms with Crippen molar-refractivity contribution in [3.05, 3.63) is 60.4 Å². The van der Waals surface area contributed by atoms with Crippen molar-refractivity contribution in [2.24, 2.45) is 11.8 Å². The van der Waals surface area contributed by atoms with Crippen molar-refractivity contribution in [1.82, 2.24) is 15.3 Å². The van der Waals surface area contributed by atoms with Gasteiger partial charge in [-0.05, 0) is 54.3 Å². The molecule has 0 unspecified atom stereocenters. The van der Waals surface area contributed by atoms with E-state index in [1.165, 1.54) is 58.0 Å². The number of aliphatic carboxylic acids is 1. The average Bonchev–Trinajstić information content (AvgIpc) is 3.00. The number of carbonyl (C=O) groups excluding carboxylic acids is 2. The van der Waals surface area contributed by atoms with Crippen LogP contribution in [-0.4, -0.2) is 62.6 Å². The van der Waals surface area contributed by atoms with Crippen LogP contribution >= 0.6 is 0 Å². The highest BCUT2D eigenvalue weighted by Crippen LogP contribution is 2.31. The van der Waals surface area contributed by atoms with Gasteiger partial charge < -0.3 is 30.0 Å². The van der Waals surface area contributed by atoms with Crippen LogP contribution in [0.15, 0.2) is 59.8 Å². The summed E-state index contributed by atoms with van der Waals surface area (Å²) in [6, 6.07) is 9.41. The van der Waals surface area contributed by atoms with E-state index in [0.29, 0.717) is 34.9 Å². The van der Waals surface area contributed by atoms with Crippen molar-refractivity contribution in [2.75, 3.05) is 31.4 Å². The minimum atomic E-state index is -4.01. The molecule has 0 aliphatic rings. The molecule has 4 N–H and O–H groups in total. The molecule has 0 spiro atoms. The highest BCUT2D eigenvalue weighted by atomic mass is 32.2. The van der Waals surface area contributed by atoms with Crippen LogP contribution < -0.4 is 29.6 Å².